The first-order valence-corrected chi connectivity index (χ1v) is 7.63. The van der Waals surface area contributed by atoms with Crippen molar-refractivity contribution < 1.29 is 66.3 Å². The molecule has 0 aromatic carbocycles. The van der Waals surface area contributed by atoms with Crippen LogP contribution >= 0.6 is 0 Å². The Hall–Kier alpha value is -0.220. The number of halogens is 1. The number of carbonyl (C=O) groups is 2. The molecule has 0 radical (unpaired) electrons. The van der Waals surface area contributed by atoms with Crippen LogP contribution in [0, 0.1) is 5.92 Å². The van der Waals surface area contributed by atoms with Crippen molar-refractivity contribution in [2.45, 2.75) is 33.1 Å². The minimum atomic E-state index is -4.62. The van der Waals surface area contributed by atoms with E-state index in [9.17, 15) is 22.6 Å². The maximum absolute atomic E-state index is 11.6. The molecule has 0 N–H and O–H groups in total. The van der Waals surface area contributed by atoms with Crippen molar-refractivity contribution in [3.63, 3.8) is 0 Å². The number of ether oxygens (including phenoxy) is 2. The number of hydrogen-bond acceptors (Lipinski definition) is 7. The fourth-order valence-corrected chi connectivity index (χ4v) is 2.00. The summed E-state index contributed by atoms with van der Waals surface area (Å²) in [4.78, 5) is 22.9. The summed E-state index contributed by atoms with van der Waals surface area (Å²) in [6, 6.07) is 0. The molecule has 0 saturated carbocycles. The van der Waals surface area contributed by atoms with Gasteiger partial charge in [0.05, 0.1) is 41.4 Å². The molecule has 0 bridgehead atoms. The Bertz CT molecular complexity index is 399. The third kappa shape index (κ3) is 14.5. The van der Waals surface area contributed by atoms with Crippen molar-refractivity contribution in [2.75, 3.05) is 19.0 Å². The standard InChI is InChI=1S/C11H20O7S.FH.Na/c1-3-5-17-10(12)7-9(8-19(14,15)16)11(13)18-6-4-2;;/h9H,3-8H2,1-2H3,(H,14,15,16);1H;/q;;+1/p-2. The monoisotopic (exact) mass is 337 g/mol. The van der Waals surface area contributed by atoms with Gasteiger partial charge in [-0.25, -0.2) is 8.42 Å². The molecule has 1 atom stereocenters. The van der Waals surface area contributed by atoms with Gasteiger partial charge in [0.2, 0.25) is 0 Å². The molecule has 0 rings (SSSR count). The number of hydrogen-bond donors (Lipinski definition) is 0. The molecule has 0 amide bonds. The van der Waals surface area contributed by atoms with E-state index < -0.39 is 40.1 Å². The Morgan fingerprint density at radius 3 is 2.00 bits per heavy atom. The summed E-state index contributed by atoms with van der Waals surface area (Å²) in [5.41, 5.74) is 0. The van der Waals surface area contributed by atoms with Crippen LogP contribution in [0.2, 0.25) is 0 Å². The predicted octanol–water partition coefficient (Wildman–Crippen LogP) is -5.55. The quantitative estimate of drug-likeness (QED) is 0.234. The Labute approximate surface area is 146 Å². The maximum Gasteiger partial charge on any atom is 1.00 e. The number of rotatable bonds is 9. The molecular weight excluding hydrogens is 318 g/mol. The second-order valence-electron chi connectivity index (χ2n) is 4.01. The Balaban J connectivity index is -0.00000162. The summed E-state index contributed by atoms with van der Waals surface area (Å²) in [5, 5.41) is 0. The molecule has 0 heterocycles. The van der Waals surface area contributed by atoms with E-state index in [1.165, 1.54) is 0 Å². The van der Waals surface area contributed by atoms with E-state index >= 15 is 0 Å². The normalized spacial score (nSPS) is 11.6. The van der Waals surface area contributed by atoms with Crippen molar-refractivity contribution in [3.8, 4) is 0 Å². The molecular formula is C11H19FNaO7S-. The van der Waals surface area contributed by atoms with Crippen molar-refractivity contribution in [1.82, 2.24) is 0 Å². The van der Waals surface area contributed by atoms with Gasteiger partial charge in [0, 0.05) is 0 Å². The fourth-order valence-electron chi connectivity index (χ4n) is 1.25. The Kier molecular flexibility index (Phi) is 16.5. The predicted molar refractivity (Wildman–Crippen MR) is 65.2 cm³/mol. The topological polar surface area (TPSA) is 110 Å². The smallest absolute Gasteiger partial charge is 1.00 e. The van der Waals surface area contributed by atoms with E-state index in [1.54, 1.807) is 13.8 Å². The molecule has 10 heteroatoms. The molecule has 0 aromatic rings. The summed E-state index contributed by atoms with van der Waals surface area (Å²) in [6.45, 7) is 3.85. The van der Waals surface area contributed by atoms with Gasteiger partial charge in [-0.2, -0.15) is 0 Å². The Morgan fingerprint density at radius 2 is 1.57 bits per heavy atom. The first kappa shape index (κ1) is 25.7. The van der Waals surface area contributed by atoms with Gasteiger partial charge in [0.15, 0.2) is 0 Å². The van der Waals surface area contributed by atoms with Crippen LogP contribution in [0.25, 0.3) is 0 Å². The van der Waals surface area contributed by atoms with Crippen LogP contribution < -0.4 is 34.3 Å². The van der Waals surface area contributed by atoms with E-state index in [2.05, 4.69) is 0 Å². The average molecular weight is 337 g/mol. The van der Waals surface area contributed by atoms with Crippen LogP contribution in [-0.2, 0) is 29.2 Å². The van der Waals surface area contributed by atoms with E-state index in [0.717, 1.165) is 0 Å². The molecule has 0 aliphatic heterocycles. The van der Waals surface area contributed by atoms with Gasteiger partial charge in [-0.3, -0.25) is 9.59 Å². The zero-order valence-electron chi connectivity index (χ0n) is 12.5. The molecule has 120 valence electrons. The fraction of sp³-hybridized carbons (Fsp3) is 0.818. The number of carbonyl (C=O) groups excluding carboxylic acids is 2. The average Bonchev–Trinajstić information content (AvgIpc) is 2.30. The van der Waals surface area contributed by atoms with Crippen LogP contribution in [0.15, 0.2) is 0 Å². The molecule has 21 heavy (non-hydrogen) atoms. The molecule has 0 spiro atoms. The minimum Gasteiger partial charge on any atom is -1.00 e. The summed E-state index contributed by atoms with van der Waals surface area (Å²) in [5.74, 6) is -3.85. The molecule has 0 aliphatic rings. The van der Waals surface area contributed by atoms with Crippen LogP contribution in [0.1, 0.15) is 33.1 Å². The third-order valence-corrected chi connectivity index (χ3v) is 2.88. The second kappa shape index (κ2) is 13.4. The molecule has 7 nitrogen and oxygen atoms in total. The zero-order chi connectivity index (χ0) is 14.9. The summed E-state index contributed by atoms with van der Waals surface area (Å²) < 4.78 is 41.6. The van der Waals surface area contributed by atoms with Gasteiger partial charge >= 0.3 is 41.5 Å². The van der Waals surface area contributed by atoms with Crippen molar-refractivity contribution in [3.05, 3.63) is 0 Å². The minimum absolute atomic E-state index is 0. The first-order valence-electron chi connectivity index (χ1n) is 6.06. The van der Waals surface area contributed by atoms with E-state index in [4.69, 9.17) is 9.47 Å². The van der Waals surface area contributed by atoms with Crippen molar-refractivity contribution in [1.29, 1.82) is 0 Å². The molecule has 1 unspecified atom stereocenters. The van der Waals surface area contributed by atoms with Crippen LogP contribution in [0.3, 0.4) is 0 Å². The van der Waals surface area contributed by atoms with Gasteiger partial charge in [-0.1, -0.05) is 13.8 Å². The zero-order valence-corrected chi connectivity index (χ0v) is 15.3. The third-order valence-electron chi connectivity index (χ3n) is 2.07. The molecule has 0 aromatic heterocycles. The van der Waals surface area contributed by atoms with Gasteiger partial charge in [0.1, 0.15) is 0 Å². The van der Waals surface area contributed by atoms with Gasteiger partial charge in [-0.05, 0) is 12.8 Å². The van der Waals surface area contributed by atoms with Gasteiger partial charge in [0.25, 0.3) is 0 Å². The van der Waals surface area contributed by atoms with Gasteiger partial charge < -0.3 is 18.7 Å². The Morgan fingerprint density at radius 1 is 1.10 bits per heavy atom. The number of esters is 2. The largest absolute Gasteiger partial charge is 1.00 e. The summed E-state index contributed by atoms with van der Waals surface area (Å²) in [6.07, 6.45) is 0.698. The van der Waals surface area contributed by atoms with Crippen LogP contribution in [0.5, 0.6) is 0 Å². The summed E-state index contributed by atoms with van der Waals surface area (Å²) >= 11 is 0. The van der Waals surface area contributed by atoms with Crippen molar-refractivity contribution in [2.24, 2.45) is 5.92 Å². The SMILES string of the molecule is CCCOC(=O)CC(CS(=O)(=O)[O-])C(=O)OCCC.[F-].[Na+]. The van der Waals surface area contributed by atoms with E-state index in [0.29, 0.717) is 12.8 Å². The van der Waals surface area contributed by atoms with Gasteiger partial charge in [-0.15, -0.1) is 0 Å². The van der Waals surface area contributed by atoms with E-state index in [-0.39, 0.29) is 47.5 Å². The van der Waals surface area contributed by atoms with Crippen LogP contribution in [0.4, 0.5) is 0 Å². The van der Waals surface area contributed by atoms with Crippen LogP contribution in [-0.4, -0.2) is 43.9 Å². The molecule has 0 saturated heterocycles. The van der Waals surface area contributed by atoms with Crippen molar-refractivity contribution >= 4 is 22.1 Å². The van der Waals surface area contributed by atoms with E-state index in [1.807, 2.05) is 0 Å². The first-order chi connectivity index (χ1) is 8.80. The molecule has 0 fully saturated rings. The second-order valence-corrected chi connectivity index (χ2v) is 5.46. The summed E-state index contributed by atoms with van der Waals surface area (Å²) in [7, 11) is -4.62. The maximum atomic E-state index is 11.6. The molecule has 0 aliphatic carbocycles.